The summed E-state index contributed by atoms with van der Waals surface area (Å²) < 4.78 is 2.71. The lowest BCUT2D eigenvalue weighted by Crippen LogP contribution is -2.38. The van der Waals surface area contributed by atoms with Gasteiger partial charge in [-0.1, -0.05) is 30.3 Å². The maximum Gasteiger partial charge on any atom is 0.267 e. The average Bonchev–Trinajstić information content (AvgIpc) is 3.17. The van der Waals surface area contributed by atoms with Crippen molar-refractivity contribution in [2.45, 2.75) is 19.4 Å². The van der Waals surface area contributed by atoms with Gasteiger partial charge in [-0.15, -0.1) is 5.10 Å². The predicted octanol–water partition coefficient (Wildman–Crippen LogP) is 1.35. The van der Waals surface area contributed by atoms with Gasteiger partial charge in [-0.3, -0.25) is 9.59 Å². The molecule has 1 atom stereocenters. The molecule has 0 saturated carbocycles. The Balaban J connectivity index is 1.67. The summed E-state index contributed by atoms with van der Waals surface area (Å²) in [5.41, 5.74) is 0.813. The van der Waals surface area contributed by atoms with Crippen LogP contribution in [0.1, 0.15) is 18.5 Å². The molecule has 2 aromatic heterocycles. The minimum atomic E-state index is -0.709. The van der Waals surface area contributed by atoms with Gasteiger partial charge in [0.15, 0.2) is 5.82 Å². The quantitative estimate of drug-likeness (QED) is 0.736. The molecular formula is C18H19N5O2. The van der Waals surface area contributed by atoms with E-state index in [1.807, 2.05) is 30.3 Å². The number of benzene rings is 1. The Morgan fingerprint density at radius 2 is 1.96 bits per heavy atom. The van der Waals surface area contributed by atoms with Gasteiger partial charge < -0.3 is 5.32 Å². The Bertz CT molecular complexity index is 887. The van der Waals surface area contributed by atoms with E-state index in [1.54, 1.807) is 31.5 Å². The predicted molar refractivity (Wildman–Crippen MR) is 93.5 cm³/mol. The van der Waals surface area contributed by atoms with E-state index < -0.39 is 6.04 Å². The highest BCUT2D eigenvalue weighted by Gasteiger charge is 2.17. The third kappa shape index (κ3) is 4.00. The normalized spacial score (nSPS) is 11.9. The van der Waals surface area contributed by atoms with Gasteiger partial charge in [0.25, 0.3) is 5.56 Å². The lowest BCUT2D eigenvalue weighted by molar-refractivity contribution is -0.124. The molecule has 1 unspecified atom stereocenters. The zero-order chi connectivity index (χ0) is 17.6. The summed E-state index contributed by atoms with van der Waals surface area (Å²) in [4.78, 5) is 24.4. The SMILES string of the molecule is CC(C(=O)NCCc1ccccc1)n1nc(-n2cccn2)ccc1=O. The lowest BCUT2D eigenvalue weighted by atomic mass is 10.1. The highest BCUT2D eigenvalue weighted by molar-refractivity contribution is 5.79. The fraction of sp³-hybridized carbons (Fsp3) is 0.222. The highest BCUT2D eigenvalue weighted by atomic mass is 16.2. The fourth-order valence-corrected chi connectivity index (χ4v) is 2.45. The first-order valence-electron chi connectivity index (χ1n) is 8.06. The van der Waals surface area contributed by atoms with E-state index in [9.17, 15) is 9.59 Å². The number of aromatic nitrogens is 4. The Hall–Kier alpha value is -3.22. The van der Waals surface area contributed by atoms with Crippen LogP contribution in [-0.2, 0) is 11.2 Å². The van der Waals surface area contributed by atoms with Crippen LogP contribution in [0.3, 0.4) is 0 Å². The molecule has 7 nitrogen and oxygen atoms in total. The van der Waals surface area contributed by atoms with Crippen LogP contribution in [0.4, 0.5) is 0 Å². The largest absolute Gasteiger partial charge is 0.354 e. The average molecular weight is 337 g/mol. The van der Waals surface area contributed by atoms with Crippen molar-refractivity contribution < 1.29 is 4.79 Å². The zero-order valence-corrected chi connectivity index (χ0v) is 13.9. The van der Waals surface area contributed by atoms with Crippen molar-refractivity contribution in [3.05, 3.63) is 76.8 Å². The van der Waals surface area contributed by atoms with Gasteiger partial charge in [0.1, 0.15) is 6.04 Å². The van der Waals surface area contributed by atoms with Crippen molar-refractivity contribution in [1.29, 1.82) is 0 Å². The molecule has 3 rings (SSSR count). The molecule has 0 aliphatic heterocycles. The minimum Gasteiger partial charge on any atom is -0.354 e. The molecule has 1 amide bonds. The Kier molecular flexibility index (Phi) is 5.03. The summed E-state index contributed by atoms with van der Waals surface area (Å²) in [6.07, 6.45) is 4.08. The molecular weight excluding hydrogens is 318 g/mol. The van der Waals surface area contributed by atoms with Gasteiger partial charge in [-0.2, -0.15) is 5.10 Å². The Labute approximate surface area is 144 Å². The van der Waals surface area contributed by atoms with Crippen molar-refractivity contribution in [3.63, 3.8) is 0 Å². The van der Waals surface area contributed by atoms with E-state index in [-0.39, 0.29) is 11.5 Å². The van der Waals surface area contributed by atoms with E-state index in [0.29, 0.717) is 12.4 Å². The van der Waals surface area contributed by atoms with Crippen molar-refractivity contribution >= 4 is 5.91 Å². The van der Waals surface area contributed by atoms with Crippen molar-refractivity contribution in [3.8, 4) is 5.82 Å². The van der Waals surface area contributed by atoms with Crippen LogP contribution in [0.5, 0.6) is 0 Å². The van der Waals surface area contributed by atoms with Crippen molar-refractivity contribution in [2.75, 3.05) is 6.54 Å². The lowest BCUT2D eigenvalue weighted by Gasteiger charge is -2.15. The molecule has 0 bridgehead atoms. The molecule has 0 fully saturated rings. The van der Waals surface area contributed by atoms with E-state index in [2.05, 4.69) is 15.5 Å². The first-order valence-corrected chi connectivity index (χ1v) is 8.06. The van der Waals surface area contributed by atoms with Gasteiger partial charge in [0.2, 0.25) is 5.91 Å². The van der Waals surface area contributed by atoms with E-state index >= 15 is 0 Å². The molecule has 0 aliphatic rings. The highest BCUT2D eigenvalue weighted by Crippen LogP contribution is 2.05. The Morgan fingerprint density at radius 1 is 1.16 bits per heavy atom. The topological polar surface area (TPSA) is 81.8 Å². The number of rotatable bonds is 6. The molecule has 1 N–H and O–H groups in total. The summed E-state index contributed by atoms with van der Waals surface area (Å²) in [5, 5.41) is 11.2. The second-order valence-corrected chi connectivity index (χ2v) is 5.63. The molecule has 7 heteroatoms. The Morgan fingerprint density at radius 3 is 2.68 bits per heavy atom. The third-order valence-electron chi connectivity index (χ3n) is 3.85. The van der Waals surface area contributed by atoms with Gasteiger partial charge in [0.05, 0.1) is 0 Å². The monoisotopic (exact) mass is 337 g/mol. The first-order chi connectivity index (χ1) is 12.1. The van der Waals surface area contributed by atoms with Gasteiger partial charge in [-0.05, 0) is 31.0 Å². The summed E-state index contributed by atoms with van der Waals surface area (Å²) in [5.74, 6) is 0.233. The third-order valence-corrected chi connectivity index (χ3v) is 3.85. The van der Waals surface area contributed by atoms with Crippen molar-refractivity contribution in [1.82, 2.24) is 24.9 Å². The second-order valence-electron chi connectivity index (χ2n) is 5.63. The van der Waals surface area contributed by atoms with Crippen LogP contribution in [-0.4, -0.2) is 32.0 Å². The van der Waals surface area contributed by atoms with Crippen molar-refractivity contribution in [2.24, 2.45) is 0 Å². The zero-order valence-electron chi connectivity index (χ0n) is 13.9. The maximum atomic E-state index is 12.4. The van der Waals surface area contributed by atoms with Crippen LogP contribution in [0.15, 0.2) is 65.7 Å². The molecule has 0 aliphatic carbocycles. The smallest absolute Gasteiger partial charge is 0.267 e. The van der Waals surface area contributed by atoms with E-state index in [1.165, 1.54) is 15.4 Å². The first kappa shape index (κ1) is 16.6. The molecule has 3 aromatic rings. The van der Waals surface area contributed by atoms with Crippen LogP contribution >= 0.6 is 0 Å². The minimum absolute atomic E-state index is 0.247. The van der Waals surface area contributed by atoms with Gasteiger partial charge in [-0.25, -0.2) is 9.36 Å². The number of nitrogens with zero attached hydrogens (tertiary/aromatic N) is 4. The molecule has 128 valence electrons. The molecule has 25 heavy (non-hydrogen) atoms. The number of hydrogen-bond acceptors (Lipinski definition) is 4. The maximum absolute atomic E-state index is 12.4. The van der Waals surface area contributed by atoms with Gasteiger partial charge >= 0.3 is 0 Å². The van der Waals surface area contributed by atoms with Crippen LogP contribution in [0.2, 0.25) is 0 Å². The molecule has 1 aromatic carbocycles. The van der Waals surface area contributed by atoms with E-state index in [4.69, 9.17) is 0 Å². The number of nitrogens with one attached hydrogen (secondary N) is 1. The van der Waals surface area contributed by atoms with Crippen LogP contribution in [0, 0.1) is 0 Å². The number of amides is 1. The summed E-state index contributed by atoms with van der Waals surface area (Å²) in [6, 6.07) is 13.9. The number of carbonyl (C=O) groups excluding carboxylic acids is 1. The molecule has 0 saturated heterocycles. The number of carbonyl (C=O) groups is 1. The molecule has 0 spiro atoms. The summed E-state index contributed by atoms with van der Waals surface area (Å²) in [6.45, 7) is 2.15. The standard InChI is InChI=1S/C18H19N5O2/c1-14(18(25)19-12-10-15-6-3-2-4-7-15)23-17(24)9-8-16(21-23)22-13-5-11-20-22/h2-9,11,13-14H,10,12H2,1H3,(H,19,25). The molecule has 2 heterocycles. The second kappa shape index (κ2) is 7.57. The fourth-order valence-electron chi connectivity index (χ4n) is 2.45. The summed E-state index contributed by atoms with van der Waals surface area (Å²) >= 11 is 0. The van der Waals surface area contributed by atoms with Crippen LogP contribution in [0.25, 0.3) is 5.82 Å². The van der Waals surface area contributed by atoms with Gasteiger partial charge in [0, 0.05) is 25.0 Å². The van der Waals surface area contributed by atoms with E-state index in [0.717, 1.165) is 12.0 Å². The molecule has 0 radical (unpaired) electrons. The number of hydrogen-bond donors (Lipinski definition) is 1. The summed E-state index contributed by atoms with van der Waals surface area (Å²) in [7, 11) is 0. The van der Waals surface area contributed by atoms with Crippen LogP contribution < -0.4 is 10.9 Å².